The number of hydrogen-bond donors (Lipinski definition) is 0. The van der Waals surface area contributed by atoms with E-state index in [-0.39, 0.29) is 30.7 Å². The molecule has 2 heterocycles. The Labute approximate surface area is 178 Å². The summed E-state index contributed by atoms with van der Waals surface area (Å²) in [5.41, 5.74) is 2.03. The highest BCUT2D eigenvalue weighted by Gasteiger charge is 2.37. The zero-order valence-corrected chi connectivity index (χ0v) is 18.2. The highest BCUT2D eigenvalue weighted by molar-refractivity contribution is 5.77. The second kappa shape index (κ2) is 10.3. The van der Waals surface area contributed by atoms with E-state index >= 15 is 0 Å². The highest BCUT2D eigenvalue weighted by atomic mass is 16.6. The van der Waals surface area contributed by atoms with Crippen molar-refractivity contribution >= 4 is 12.0 Å². The van der Waals surface area contributed by atoms with E-state index in [0.29, 0.717) is 25.9 Å². The van der Waals surface area contributed by atoms with E-state index in [9.17, 15) is 9.59 Å². The molecule has 0 N–H and O–H groups in total. The molecule has 3 rings (SSSR count). The second-order valence-corrected chi connectivity index (χ2v) is 7.89. The Hall–Kier alpha value is -2.83. The molecule has 2 aromatic rings. The number of ether oxygens (including phenoxy) is 1. The maximum atomic E-state index is 13.0. The lowest BCUT2D eigenvalue weighted by molar-refractivity contribution is -0.137. The first-order valence-corrected chi connectivity index (χ1v) is 10.8. The number of amides is 2. The first-order valence-electron chi connectivity index (χ1n) is 10.8. The molecule has 30 heavy (non-hydrogen) atoms. The molecule has 0 aliphatic carbocycles. The Morgan fingerprint density at radius 3 is 2.33 bits per heavy atom. The van der Waals surface area contributed by atoms with Crippen LogP contribution in [0, 0.1) is 0 Å². The SMILES string of the molecule is CC[C@H]1CN(C(=O)OCc2ccccc2)[C@@H](CC)CN1C(=O)CCc1cnn(C)c1. The zero-order chi connectivity index (χ0) is 21.5. The summed E-state index contributed by atoms with van der Waals surface area (Å²) in [6.07, 6.45) is 6.17. The van der Waals surface area contributed by atoms with Crippen LogP contribution < -0.4 is 0 Å². The van der Waals surface area contributed by atoms with E-state index in [2.05, 4.69) is 12.0 Å². The summed E-state index contributed by atoms with van der Waals surface area (Å²) in [5, 5.41) is 4.17. The molecular weight excluding hydrogens is 380 g/mol. The van der Waals surface area contributed by atoms with Gasteiger partial charge in [-0.25, -0.2) is 4.79 Å². The van der Waals surface area contributed by atoms with Gasteiger partial charge in [-0.3, -0.25) is 9.48 Å². The van der Waals surface area contributed by atoms with E-state index in [4.69, 9.17) is 4.74 Å². The van der Waals surface area contributed by atoms with Gasteiger partial charge in [-0.1, -0.05) is 44.2 Å². The van der Waals surface area contributed by atoms with Crippen molar-refractivity contribution in [3.8, 4) is 0 Å². The number of nitrogens with zero attached hydrogens (tertiary/aromatic N) is 4. The van der Waals surface area contributed by atoms with Crippen LogP contribution in [0.2, 0.25) is 0 Å². The summed E-state index contributed by atoms with van der Waals surface area (Å²) in [5.74, 6) is 0.140. The number of aromatic nitrogens is 2. The van der Waals surface area contributed by atoms with E-state index in [1.165, 1.54) is 0 Å². The minimum atomic E-state index is -0.299. The largest absolute Gasteiger partial charge is 0.445 e. The lowest BCUT2D eigenvalue weighted by Gasteiger charge is -2.45. The number of benzene rings is 1. The predicted molar refractivity (Wildman–Crippen MR) is 115 cm³/mol. The van der Waals surface area contributed by atoms with Crippen LogP contribution >= 0.6 is 0 Å². The molecule has 1 aromatic heterocycles. The first kappa shape index (κ1) is 21.9. The molecule has 1 fully saturated rings. The fraction of sp³-hybridized carbons (Fsp3) is 0.522. The van der Waals surface area contributed by atoms with Gasteiger partial charge in [-0.05, 0) is 30.4 Å². The standard InChI is InChI=1S/C23H32N4O3/c1-4-20-16-27(23(29)30-17-18-9-7-6-8-10-18)21(5-2)15-26(20)22(28)12-11-19-13-24-25(3)14-19/h6-10,13-14,20-21H,4-5,11-12,15-17H2,1-3H3/t20-,21-/m0/s1. The van der Waals surface area contributed by atoms with Crippen LogP contribution in [0.3, 0.4) is 0 Å². The van der Waals surface area contributed by atoms with Crippen LogP contribution in [-0.2, 0) is 29.6 Å². The average molecular weight is 413 g/mol. The number of rotatable bonds is 7. The van der Waals surface area contributed by atoms with Gasteiger partial charge in [-0.2, -0.15) is 5.10 Å². The molecule has 2 atom stereocenters. The van der Waals surface area contributed by atoms with Crippen molar-refractivity contribution in [3.63, 3.8) is 0 Å². The molecule has 0 bridgehead atoms. The average Bonchev–Trinajstić information content (AvgIpc) is 3.20. The summed E-state index contributed by atoms with van der Waals surface area (Å²) < 4.78 is 7.32. The maximum absolute atomic E-state index is 13.0. The topological polar surface area (TPSA) is 67.7 Å². The van der Waals surface area contributed by atoms with Crippen molar-refractivity contribution in [3.05, 3.63) is 53.9 Å². The van der Waals surface area contributed by atoms with Crippen molar-refractivity contribution in [2.45, 2.75) is 58.2 Å². The molecule has 1 saturated heterocycles. The Kier molecular flexibility index (Phi) is 7.49. The van der Waals surface area contributed by atoms with Crippen molar-refractivity contribution in [2.75, 3.05) is 13.1 Å². The quantitative estimate of drug-likeness (QED) is 0.699. The van der Waals surface area contributed by atoms with Gasteiger partial charge >= 0.3 is 6.09 Å². The van der Waals surface area contributed by atoms with Gasteiger partial charge in [0.1, 0.15) is 6.61 Å². The van der Waals surface area contributed by atoms with E-state index < -0.39 is 0 Å². The monoisotopic (exact) mass is 412 g/mol. The third-order valence-corrected chi connectivity index (χ3v) is 5.78. The van der Waals surface area contributed by atoms with Crippen molar-refractivity contribution < 1.29 is 14.3 Å². The number of aryl methyl sites for hydroxylation is 2. The van der Waals surface area contributed by atoms with Gasteiger partial charge in [0.15, 0.2) is 0 Å². The Morgan fingerprint density at radius 2 is 1.70 bits per heavy atom. The minimum absolute atomic E-state index is 0.0125. The van der Waals surface area contributed by atoms with Crippen molar-refractivity contribution in [1.82, 2.24) is 19.6 Å². The van der Waals surface area contributed by atoms with Gasteiger partial charge < -0.3 is 14.5 Å². The maximum Gasteiger partial charge on any atom is 0.410 e. The number of carbonyl (C=O) groups excluding carboxylic acids is 2. The smallest absolute Gasteiger partial charge is 0.410 e. The molecule has 1 aliphatic rings. The van der Waals surface area contributed by atoms with Crippen LogP contribution in [0.25, 0.3) is 0 Å². The third kappa shape index (κ3) is 5.40. The number of piperazine rings is 1. The summed E-state index contributed by atoms with van der Waals surface area (Å²) in [4.78, 5) is 29.5. The molecule has 2 amide bonds. The molecule has 0 radical (unpaired) electrons. The fourth-order valence-electron chi connectivity index (χ4n) is 3.98. The summed E-state index contributed by atoms with van der Waals surface area (Å²) in [6.45, 7) is 5.44. The molecule has 1 aliphatic heterocycles. The van der Waals surface area contributed by atoms with Crippen molar-refractivity contribution in [2.24, 2.45) is 7.05 Å². The zero-order valence-electron chi connectivity index (χ0n) is 18.2. The molecule has 1 aromatic carbocycles. The van der Waals surface area contributed by atoms with Gasteiger partial charge in [0, 0.05) is 38.8 Å². The van der Waals surface area contributed by atoms with Gasteiger partial charge in [0.25, 0.3) is 0 Å². The minimum Gasteiger partial charge on any atom is -0.445 e. The predicted octanol–water partition coefficient (Wildman–Crippen LogP) is 3.39. The van der Waals surface area contributed by atoms with E-state index in [0.717, 1.165) is 24.0 Å². The van der Waals surface area contributed by atoms with Crippen LogP contribution in [-0.4, -0.2) is 56.8 Å². The molecule has 0 saturated carbocycles. The molecule has 7 nitrogen and oxygen atoms in total. The van der Waals surface area contributed by atoms with Crippen LogP contribution in [0.1, 0.15) is 44.2 Å². The first-order chi connectivity index (χ1) is 14.5. The molecule has 0 unspecified atom stereocenters. The highest BCUT2D eigenvalue weighted by Crippen LogP contribution is 2.22. The molecule has 7 heteroatoms. The van der Waals surface area contributed by atoms with Gasteiger partial charge in [0.2, 0.25) is 5.91 Å². The van der Waals surface area contributed by atoms with E-state index in [1.54, 1.807) is 10.9 Å². The molecule has 0 spiro atoms. The summed E-state index contributed by atoms with van der Waals surface area (Å²) >= 11 is 0. The number of carbonyl (C=O) groups is 2. The lowest BCUT2D eigenvalue weighted by Crippen LogP contribution is -2.61. The summed E-state index contributed by atoms with van der Waals surface area (Å²) in [7, 11) is 1.88. The molecule has 162 valence electrons. The summed E-state index contributed by atoms with van der Waals surface area (Å²) in [6, 6.07) is 9.67. The number of hydrogen-bond acceptors (Lipinski definition) is 4. The van der Waals surface area contributed by atoms with Crippen molar-refractivity contribution in [1.29, 1.82) is 0 Å². The van der Waals surface area contributed by atoms with E-state index in [1.807, 2.05) is 60.3 Å². The lowest BCUT2D eigenvalue weighted by atomic mass is 10.0. The van der Waals surface area contributed by atoms with Gasteiger partial charge in [0.05, 0.1) is 12.2 Å². The normalized spacial score (nSPS) is 19.0. The fourth-order valence-corrected chi connectivity index (χ4v) is 3.98. The molecular formula is C23H32N4O3. The Bertz CT molecular complexity index is 836. The Morgan fingerprint density at radius 1 is 1.03 bits per heavy atom. The second-order valence-electron chi connectivity index (χ2n) is 7.89. The van der Waals surface area contributed by atoms with Crippen LogP contribution in [0.15, 0.2) is 42.7 Å². The van der Waals surface area contributed by atoms with Crippen LogP contribution in [0.5, 0.6) is 0 Å². The third-order valence-electron chi connectivity index (χ3n) is 5.78. The Balaban J connectivity index is 1.59. The van der Waals surface area contributed by atoms with Crippen LogP contribution in [0.4, 0.5) is 4.79 Å². The van der Waals surface area contributed by atoms with Gasteiger partial charge in [-0.15, -0.1) is 0 Å².